The fourth-order valence-electron chi connectivity index (χ4n) is 1.32. The predicted molar refractivity (Wildman–Crippen MR) is 76.1 cm³/mol. The number of halogens is 1. The lowest BCUT2D eigenvalue weighted by Gasteiger charge is -2.15. The highest BCUT2D eigenvalue weighted by Gasteiger charge is 2.31. The number of hydrogen-bond donors (Lipinski definition) is 0. The molecule has 9 heteroatoms. The lowest BCUT2D eigenvalue weighted by atomic mass is 10.7. The fraction of sp³-hybridized carbons (Fsp3) is 0.700. The zero-order valence-electron chi connectivity index (χ0n) is 11.4. The third-order valence-electron chi connectivity index (χ3n) is 1.96. The van der Waals surface area contributed by atoms with E-state index in [1.165, 1.54) is 11.8 Å². The number of rotatable bonds is 8. The van der Waals surface area contributed by atoms with Crippen molar-refractivity contribution in [2.45, 2.75) is 25.8 Å². The van der Waals surface area contributed by atoms with Gasteiger partial charge >= 0.3 is 7.82 Å². The Labute approximate surface area is 122 Å². The van der Waals surface area contributed by atoms with Crippen molar-refractivity contribution in [3.8, 4) is 5.88 Å². The molecule has 0 fully saturated rings. The van der Waals surface area contributed by atoms with Gasteiger partial charge in [-0.05, 0) is 19.6 Å². The topological polar surface area (TPSA) is 62.6 Å². The first kappa shape index (κ1) is 16.9. The predicted octanol–water partition coefficient (Wildman–Crippen LogP) is 3.75. The van der Waals surface area contributed by atoms with Crippen LogP contribution in [-0.2, 0) is 20.7 Å². The van der Waals surface area contributed by atoms with E-state index < -0.39 is 7.82 Å². The van der Waals surface area contributed by atoms with Crippen LogP contribution in [0.2, 0.25) is 5.02 Å². The summed E-state index contributed by atoms with van der Waals surface area (Å²) in [5.74, 6) is 0.901. The Balaban J connectivity index is 2.97. The molecular weight excluding hydrogens is 311 g/mol. The lowest BCUT2D eigenvalue weighted by Crippen LogP contribution is -2.03. The molecule has 0 radical (unpaired) electrons. The summed E-state index contributed by atoms with van der Waals surface area (Å²) in [7, 11) is -1.92. The molecule has 0 spiro atoms. The summed E-state index contributed by atoms with van der Waals surface area (Å²) < 4.78 is 29.1. The molecule has 0 saturated carbocycles. The largest absolute Gasteiger partial charge is 0.531 e. The summed E-state index contributed by atoms with van der Waals surface area (Å²) >= 11 is 7.67. The molecule has 6 nitrogen and oxygen atoms in total. The van der Waals surface area contributed by atoms with Crippen LogP contribution in [0.25, 0.3) is 0 Å². The molecule has 0 aliphatic heterocycles. The van der Waals surface area contributed by atoms with Gasteiger partial charge in [0.15, 0.2) is 0 Å². The average molecular weight is 329 g/mol. The molecule has 0 aliphatic carbocycles. The van der Waals surface area contributed by atoms with E-state index in [-0.39, 0.29) is 19.1 Å². The maximum atomic E-state index is 12.2. The number of aromatic nitrogens is 2. The number of hydrogen-bond acceptors (Lipinski definition) is 6. The highest BCUT2D eigenvalue weighted by Crippen LogP contribution is 2.51. The van der Waals surface area contributed by atoms with Gasteiger partial charge in [-0.25, -0.2) is 4.57 Å². The summed E-state index contributed by atoms with van der Waals surface area (Å²) in [4.78, 5) is 0. The Morgan fingerprint density at radius 2 is 1.89 bits per heavy atom. The third kappa shape index (κ3) is 4.39. The van der Waals surface area contributed by atoms with Crippen LogP contribution in [0.1, 0.15) is 20.8 Å². The van der Waals surface area contributed by atoms with Crippen LogP contribution in [0.5, 0.6) is 5.88 Å². The standard InChI is InChI=1S/C10H18ClN2O4PS/c1-5-15-18(14,16-6-2)17-9-8(11)10(19-7-3)13(4)12-9/h5-7H2,1-4H3. The summed E-state index contributed by atoms with van der Waals surface area (Å²) in [5.41, 5.74) is 0. The Bertz CT molecular complexity index is 459. The first-order valence-electron chi connectivity index (χ1n) is 5.91. The van der Waals surface area contributed by atoms with E-state index in [9.17, 15) is 4.57 Å². The van der Waals surface area contributed by atoms with Crippen molar-refractivity contribution in [3.05, 3.63) is 5.02 Å². The summed E-state index contributed by atoms with van der Waals surface area (Å²) in [6.45, 7) is 5.82. The van der Waals surface area contributed by atoms with E-state index in [2.05, 4.69) is 5.10 Å². The first-order chi connectivity index (χ1) is 8.97. The molecule has 1 rings (SSSR count). The molecule has 0 unspecified atom stereocenters. The van der Waals surface area contributed by atoms with Crippen LogP contribution in [0.4, 0.5) is 0 Å². The molecule has 1 aromatic heterocycles. The van der Waals surface area contributed by atoms with Gasteiger partial charge in [0.05, 0.1) is 13.2 Å². The molecule has 19 heavy (non-hydrogen) atoms. The van der Waals surface area contributed by atoms with Gasteiger partial charge in [-0.2, -0.15) is 0 Å². The van der Waals surface area contributed by atoms with Crippen LogP contribution in [0.15, 0.2) is 5.03 Å². The third-order valence-corrected chi connectivity index (χ3v) is 4.99. The smallest absolute Gasteiger partial charge is 0.382 e. The highest BCUT2D eigenvalue weighted by molar-refractivity contribution is 7.99. The maximum Gasteiger partial charge on any atom is 0.531 e. The van der Waals surface area contributed by atoms with Crippen molar-refractivity contribution >= 4 is 31.2 Å². The summed E-state index contributed by atoms with van der Waals surface area (Å²) in [6.07, 6.45) is 0. The van der Waals surface area contributed by atoms with Crippen molar-refractivity contribution in [2.24, 2.45) is 7.05 Å². The molecule has 1 aromatic rings. The van der Waals surface area contributed by atoms with E-state index in [0.29, 0.717) is 5.02 Å². The minimum atomic E-state index is -3.66. The van der Waals surface area contributed by atoms with Crippen LogP contribution < -0.4 is 4.52 Å². The second-order valence-electron chi connectivity index (χ2n) is 3.35. The van der Waals surface area contributed by atoms with Crippen molar-refractivity contribution < 1.29 is 18.1 Å². The molecule has 0 aromatic carbocycles. The Hall–Kier alpha value is -0.200. The molecule has 0 bridgehead atoms. The first-order valence-corrected chi connectivity index (χ1v) is 8.73. The monoisotopic (exact) mass is 328 g/mol. The number of thioether (sulfide) groups is 1. The maximum absolute atomic E-state index is 12.2. The zero-order valence-corrected chi connectivity index (χ0v) is 13.8. The Kier molecular flexibility index (Phi) is 6.69. The van der Waals surface area contributed by atoms with Crippen LogP contribution >= 0.6 is 31.2 Å². The van der Waals surface area contributed by atoms with Crippen molar-refractivity contribution in [3.63, 3.8) is 0 Å². The molecule has 0 atom stereocenters. The van der Waals surface area contributed by atoms with E-state index in [1.807, 2.05) is 6.92 Å². The molecule has 0 aliphatic rings. The van der Waals surface area contributed by atoms with Gasteiger partial charge < -0.3 is 4.52 Å². The van der Waals surface area contributed by atoms with Gasteiger partial charge in [0.1, 0.15) is 10.0 Å². The second kappa shape index (κ2) is 7.55. The van der Waals surface area contributed by atoms with Gasteiger partial charge in [0.25, 0.3) is 5.88 Å². The summed E-state index contributed by atoms with van der Waals surface area (Å²) in [6, 6.07) is 0. The molecule has 0 amide bonds. The van der Waals surface area contributed by atoms with Gasteiger partial charge in [-0.3, -0.25) is 13.7 Å². The number of nitrogens with zero attached hydrogens (tertiary/aromatic N) is 2. The normalized spacial score (nSPS) is 11.8. The van der Waals surface area contributed by atoms with Crippen molar-refractivity contribution in [1.29, 1.82) is 0 Å². The zero-order chi connectivity index (χ0) is 14.5. The van der Waals surface area contributed by atoms with E-state index in [4.69, 9.17) is 25.2 Å². The van der Waals surface area contributed by atoms with Gasteiger partial charge in [-0.1, -0.05) is 18.5 Å². The fourth-order valence-corrected chi connectivity index (χ4v) is 3.61. The Morgan fingerprint density at radius 1 is 1.32 bits per heavy atom. The van der Waals surface area contributed by atoms with Crippen LogP contribution in [-0.4, -0.2) is 28.7 Å². The van der Waals surface area contributed by atoms with Crippen LogP contribution in [0, 0.1) is 0 Å². The molecule has 110 valence electrons. The average Bonchev–Trinajstić information content (AvgIpc) is 2.57. The van der Waals surface area contributed by atoms with E-state index in [1.54, 1.807) is 25.6 Å². The van der Waals surface area contributed by atoms with E-state index >= 15 is 0 Å². The highest BCUT2D eigenvalue weighted by atomic mass is 35.5. The minimum absolute atomic E-state index is 0.0605. The molecule has 0 saturated heterocycles. The van der Waals surface area contributed by atoms with E-state index in [0.717, 1.165) is 10.8 Å². The minimum Gasteiger partial charge on any atom is -0.382 e. The number of phosphoric acid groups is 1. The quantitative estimate of drug-likeness (QED) is 0.535. The molecule has 0 N–H and O–H groups in total. The Morgan fingerprint density at radius 3 is 2.37 bits per heavy atom. The summed E-state index contributed by atoms with van der Waals surface area (Å²) in [5, 5.41) is 5.15. The lowest BCUT2D eigenvalue weighted by molar-refractivity contribution is 0.165. The van der Waals surface area contributed by atoms with Crippen LogP contribution in [0.3, 0.4) is 0 Å². The number of aryl methyl sites for hydroxylation is 1. The molecular formula is C10H18ClN2O4PS. The SMILES string of the molecule is CCOP(=O)(OCC)Oc1nn(C)c(SCC)c1Cl. The molecule has 1 heterocycles. The van der Waals surface area contributed by atoms with Crippen molar-refractivity contribution in [1.82, 2.24) is 9.78 Å². The van der Waals surface area contributed by atoms with Gasteiger partial charge in [-0.15, -0.1) is 16.9 Å². The number of phosphoric ester groups is 1. The van der Waals surface area contributed by atoms with Crippen molar-refractivity contribution in [2.75, 3.05) is 19.0 Å². The van der Waals surface area contributed by atoms with Gasteiger partial charge in [0.2, 0.25) is 0 Å². The van der Waals surface area contributed by atoms with Gasteiger partial charge in [0, 0.05) is 7.05 Å². The second-order valence-corrected chi connectivity index (χ2v) is 6.58.